The van der Waals surface area contributed by atoms with Crippen molar-refractivity contribution in [2.45, 2.75) is 40.2 Å². The van der Waals surface area contributed by atoms with Crippen molar-refractivity contribution in [3.63, 3.8) is 0 Å². The largest absolute Gasteiger partial charge is 0.383 e. The highest BCUT2D eigenvalue weighted by Crippen LogP contribution is 2.19. The van der Waals surface area contributed by atoms with Gasteiger partial charge in [0.2, 0.25) is 0 Å². The summed E-state index contributed by atoms with van der Waals surface area (Å²) in [6.45, 7) is 8.49. The number of nitrogens with one attached hydrogen (secondary N) is 1. The molecule has 4 nitrogen and oxygen atoms in total. The fourth-order valence-electron chi connectivity index (χ4n) is 1.53. The third-order valence-corrected chi connectivity index (χ3v) is 2.69. The van der Waals surface area contributed by atoms with Gasteiger partial charge in [0.25, 0.3) is 0 Å². The van der Waals surface area contributed by atoms with Crippen LogP contribution in [0, 0.1) is 12.8 Å². The Morgan fingerprint density at radius 1 is 1.40 bits per heavy atom. The molecule has 0 bridgehead atoms. The smallest absolute Gasteiger partial charge is 0.134 e. The van der Waals surface area contributed by atoms with Gasteiger partial charge >= 0.3 is 0 Å². The molecule has 15 heavy (non-hydrogen) atoms. The Morgan fingerprint density at radius 2 is 2.07 bits per heavy atom. The molecule has 1 atom stereocenters. The Bertz CT molecular complexity index is 322. The van der Waals surface area contributed by atoms with Gasteiger partial charge in [-0.2, -0.15) is 0 Å². The summed E-state index contributed by atoms with van der Waals surface area (Å²) < 4.78 is 0. The van der Waals surface area contributed by atoms with Gasteiger partial charge in [0.1, 0.15) is 18.0 Å². The first kappa shape index (κ1) is 11.8. The summed E-state index contributed by atoms with van der Waals surface area (Å²) >= 11 is 0. The standard InChI is InChI=1S/C11H20N4/c1-5-9(7(2)3)15-11-8(4)10(12)13-6-14-11/h6-7,9H,5H2,1-4H3,(H3,12,13,14,15). The lowest BCUT2D eigenvalue weighted by atomic mass is 10.0. The number of anilines is 2. The van der Waals surface area contributed by atoms with E-state index in [9.17, 15) is 0 Å². The van der Waals surface area contributed by atoms with Crippen LogP contribution in [0.15, 0.2) is 6.33 Å². The third kappa shape index (κ3) is 2.81. The van der Waals surface area contributed by atoms with Crippen LogP contribution in [0.1, 0.15) is 32.8 Å². The first-order valence-electron chi connectivity index (χ1n) is 5.39. The van der Waals surface area contributed by atoms with E-state index in [1.54, 1.807) is 0 Å². The number of aromatic nitrogens is 2. The molecule has 1 heterocycles. The molecule has 0 aliphatic carbocycles. The highest BCUT2D eigenvalue weighted by Gasteiger charge is 2.13. The van der Waals surface area contributed by atoms with Crippen molar-refractivity contribution in [1.29, 1.82) is 0 Å². The van der Waals surface area contributed by atoms with E-state index >= 15 is 0 Å². The van der Waals surface area contributed by atoms with Gasteiger partial charge in [-0.3, -0.25) is 0 Å². The van der Waals surface area contributed by atoms with Gasteiger partial charge in [-0.1, -0.05) is 20.8 Å². The monoisotopic (exact) mass is 208 g/mol. The van der Waals surface area contributed by atoms with E-state index < -0.39 is 0 Å². The molecule has 1 aromatic rings. The van der Waals surface area contributed by atoms with E-state index in [0.717, 1.165) is 17.8 Å². The minimum absolute atomic E-state index is 0.429. The fraction of sp³-hybridized carbons (Fsp3) is 0.636. The number of hydrogen-bond acceptors (Lipinski definition) is 4. The average molecular weight is 208 g/mol. The van der Waals surface area contributed by atoms with Crippen molar-refractivity contribution >= 4 is 11.6 Å². The lowest BCUT2D eigenvalue weighted by Crippen LogP contribution is -2.25. The summed E-state index contributed by atoms with van der Waals surface area (Å²) in [5.41, 5.74) is 6.65. The van der Waals surface area contributed by atoms with Crippen molar-refractivity contribution in [1.82, 2.24) is 9.97 Å². The zero-order valence-electron chi connectivity index (χ0n) is 9.91. The Hall–Kier alpha value is -1.32. The van der Waals surface area contributed by atoms with Crippen molar-refractivity contribution in [3.05, 3.63) is 11.9 Å². The molecule has 0 aliphatic heterocycles. The van der Waals surface area contributed by atoms with Crippen LogP contribution in [-0.2, 0) is 0 Å². The van der Waals surface area contributed by atoms with Crippen LogP contribution in [0.4, 0.5) is 11.6 Å². The van der Waals surface area contributed by atoms with Gasteiger partial charge < -0.3 is 11.1 Å². The van der Waals surface area contributed by atoms with Crippen LogP contribution in [0.3, 0.4) is 0 Å². The van der Waals surface area contributed by atoms with Crippen molar-refractivity contribution < 1.29 is 0 Å². The molecular formula is C11H20N4. The zero-order valence-corrected chi connectivity index (χ0v) is 9.91. The summed E-state index contributed by atoms with van der Waals surface area (Å²) in [7, 11) is 0. The van der Waals surface area contributed by atoms with Crippen LogP contribution in [-0.4, -0.2) is 16.0 Å². The lowest BCUT2D eigenvalue weighted by molar-refractivity contribution is 0.509. The second-order valence-corrected chi connectivity index (χ2v) is 4.14. The Balaban J connectivity index is 2.84. The van der Waals surface area contributed by atoms with E-state index in [0.29, 0.717) is 17.8 Å². The molecule has 1 aromatic heterocycles. The molecule has 3 N–H and O–H groups in total. The Kier molecular flexibility index (Phi) is 3.88. The van der Waals surface area contributed by atoms with Gasteiger partial charge in [0.05, 0.1) is 0 Å². The summed E-state index contributed by atoms with van der Waals surface area (Å²) in [4.78, 5) is 8.15. The second-order valence-electron chi connectivity index (χ2n) is 4.14. The maximum absolute atomic E-state index is 5.72. The van der Waals surface area contributed by atoms with Crippen molar-refractivity contribution in [3.8, 4) is 0 Å². The highest BCUT2D eigenvalue weighted by atomic mass is 15.1. The van der Waals surface area contributed by atoms with Crippen LogP contribution in [0.2, 0.25) is 0 Å². The molecule has 1 unspecified atom stereocenters. The molecule has 0 aromatic carbocycles. The quantitative estimate of drug-likeness (QED) is 0.796. The number of rotatable bonds is 4. The molecular weight excluding hydrogens is 188 g/mol. The Morgan fingerprint density at radius 3 is 2.60 bits per heavy atom. The Labute approximate surface area is 91.3 Å². The molecule has 0 spiro atoms. The maximum atomic E-state index is 5.72. The minimum Gasteiger partial charge on any atom is -0.383 e. The van der Waals surface area contributed by atoms with E-state index in [4.69, 9.17) is 5.73 Å². The van der Waals surface area contributed by atoms with Gasteiger partial charge in [-0.15, -0.1) is 0 Å². The van der Waals surface area contributed by atoms with Gasteiger partial charge in [0.15, 0.2) is 0 Å². The molecule has 0 radical (unpaired) electrons. The first-order chi connectivity index (χ1) is 7.06. The number of nitrogen functional groups attached to an aromatic ring is 1. The van der Waals surface area contributed by atoms with Crippen LogP contribution in [0.5, 0.6) is 0 Å². The van der Waals surface area contributed by atoms with Crippen molar-refractivity contribution in [2.75, 3.05) is 11.1 Å². The highest BCUT2D eigenvalue weighted by molar-refractivity contribution is 5.54. The third-order valence-electron chi connectivity index (χ3n) is 2.69. The van der Waals surface area contributed by atoms with Gasteiger partial charge in [-0.25, -0.2) is 9.97 Å². The van der Waals surface area contributed by atoms with Crippen LogP contribution in [0.25, 0.3) is 0 Å². The zero-order chi connectivity index (χ0) is 11.4. The molecule has 0 amide bonds. The van der Waals surface area contributed by atoms with E-state index in [2.05, 4.69) is 36.1 Å². The second kappa shape index (κ2) is 4.96. The minimum atomic E-state index is 0.429. The predicted octanol–water partition coefficient (Wildman–Crippen LogP) is 2.21. The normalized spacial score (nSPS) is 12.9. The molecule has 0 saturated heterocycles. The van der Waals surface area contributed by atoms with E-state index in [1.807, 2.05) is 6.92 Å². The molecule has 1 rings (SSSR count). The molecule has 0 aliphatic rings. The lowest BCUT2D eigenvalue weighted by Gasteiger charge is -2.22. The van der Waals surface area contributed by atoms with E-state index in [-0.39, 0.29) is 0 Å². The summed E-state index contributed by atoms with van der Waals surface area (Å²) in [5.74, 6) is 1.97. The number of nitrogens with two attached hydrogens (primary N) is 1. The molecule has 0 fully saturated rings. The number of hydrogen-bond donors (Lipinski definition) is 2. The van der Waals surface area contributed by atoms with Gasteiger partial charge in [0, 0.05) is 11.6 Å². The van der Waals surface area contributed by atoms with Gasteiger partial charge in [-0.05, 0) is 19.3 Å². The molecule has 0 saturated carbocycles. The summed E-state index contributed by atoms with van der Waals surface area (Å²) in [6.07, 6.45) is 2.57. The fourth-order valence-corrected chi connectivity index (χ4v) is 1.53. The molecule has 4 heteroatoms. The van der Waals surface area contributed by atoms with Crippen LogP contribution >= 0.6 is 0 Å². The van der Waals surface area contributed by atoms with Crippen molar-refractivity contribution in [2.24, 2.45) is 5.92 Å². The average Bonchev–Trinajstić information content (AvgIpc) is 2.19. The maximum Gasteiger partial charge on any atom is 0.134 e. The molecule has 84 valence electrons. The topological polar surface area (TPSA) is 63.8 Å². The summed E-state index contributed by atoms with van der Waals surface area (Å²) in [5, 5.41) is 3.41. The van der Waals surface area contributed by atoms with Crippen LogP contribution < -0.4 is 11.1 Å². The SMILES string of the molecule is CCC(Nc1ncnc(N)c1C)C(C)C. The predicted molar refractivity (Wildman–Crippen MR) is 63.7 cm³/mol. The first-order valence-corrected chi connectivity index (χ1v) is 5.39. The van der Waals surface area contributed by atoms with E-state index in [1.165, 1.54) is 6.33 Å². The number of nitrogens with zero attached hydrogens (tertiary/aromatic N) is 2. The summed E-state index contributed by atoms with van der Waals surface area (Å²) in [6, 6.07) is 0.429.